The van der Waals surface area contributed by atoms with Gasteiger partial charge in [0.25, 0.3) is 5.91 Å². The summed E-state index contributed by atoms with van der Waals surface area (Å²) in [4.78, 5) is 47.3. The molecule has 0 aromatic carbocycles. The third kappa shape index (κ3) is 4.85. The lowest BCUT2D eigenvalue weighted by molar-refractivity contribution is -0.132. The third-order valence-corrected chi connectivity index (χ3v) is 5.01. The van der Waals surface area contributed by atoms with Crippen LogP contribution < -0.4 is 5.56 Å². The summed E-state index contributed by atoms with van der Waals surface area (Å²) in [6.07, 6.45) is 5.36. The van der Waals surface area contributed by atoms with Crippen LogP contribution >= 0.6 is 0 Å². The van der Waals surface area contributed by atoms with Gasteiger partial charge in [0.1, 0.15) is 0 Å². The highest BCUT2D eigenvalue weighted by molar-refractivity contribution is 5.94. The fraction of sp³-hybridized carbons (Fsp3) is 0.429. The summed E-state index contributed by atoms with van der Waals surface area (Å²) in [6.45, 7) is 5.89. The molecule has 3 rings (SSSR count). The van der Waals surface area contributed by atoms with E-state index < -0.39 is 0 Å². The molecular weight excluding hydrogens is 356 g/mol. The van der Waals surface area contributed by atoms with Crippen LogP contribution in [0.4, 0.5) is 0 Å². The number of carbonyl (C=O) groups is 2. The molecule has 28 heavy (non-hydrogen) atoms. The average molecular weight is 382 g/mol. The lowest BCUT2D eigenvalue weighted by atomic mass is 10.1. The standard InChI is InChI=1S/C21H26N4O3/c1-3-18-11-17(12-19(26)23-18)21(28)25-8-6-24(7-9-25)20(27)5-4-16-10-15(2)13-22-14-16/h10-14H,3-9H2,1-2H3,(H,23,26). The first-order valence-corrected chi connectivity index (χ1v) is 9.67. The van der Waals surface area contributed by atoms with Gasteiger partial charge in [-0.15, -0.1) is 0 Å². The van der Waals surface area contributed by atoms with E-state index in [2.05, 4.69) is 9.97 Å². The van der Waals surface area contributed by atoms with Gasteiger partial charge in [-0.1, -0.05) is 13.0 Å². The molecule has 1 saturated heterocycles. The first-order chi connectivity index (χ1) is 13.5. The van der Waals surface area contributed by atoms with Crippen molar-refractivity contribution >= 4 is 11.8 Å². The molecule has 1 aliphatic rings. The van der Waals surface area contributed by atoms with E-state index in [1.54, 1.807) is 23.4 Å². The van der Waals surface area contributed by atoms with Crippen LogP contribution in [0.1, 0.15) is 40.5 Å². The van der Waals surface area contributed by atoms with E-state index in [9.17, 15) is 14.4 Å². The zero-order chi connectivity index (χ0) is 20.1. The Labute approximate surface area is 164 Å². The quantitative estimate of drug-likeness (QED) is 0.850. The highest BCUT2D eigenvalue weighted by Crippen LogP contribution is 2.11. The van der Waals surface area contributed by atoms with E-state index in [1.165, 1.54) is 6.07 Å². The minimum Gasteiger partial charge on any atom is -0.339 e. The Morgan fingerprint density at radius 2 is 1.79 bits per heavy atom. The van der Waals surface area contributed by atoms with Gasteiger partial charge in [-0.2, -0.15) is 0 Å². The van der Waals surface area contributed by atoms with Gasteiger partial charge < -0.3 is 14.8 Å². The highest BCUT2D eigenvalue weighted by atomic mass is 16.2. The molecule has 0 spiro atoms. The van der Waals surface area contributed by atoms with Crippen LogP contribution in [0.3, 0.4) is 0 Å². The number of pyridine rings is 2. The maximum atomic E-state index is 12.7. The fourth-order valence-corrected chi connectivity index (χ4v) is 3.42. The van der Waals surface area contributed by atoms with Crippen LogP contribution in [0, 0.1) is 6.92 Å². The van der Waals surface area contributed by atoms with Gasteiger partial charge in [-0.25, -0.2) is 0 Å². The number of amides is 2. The lowest BCUT2D eigenvalue weighted by Crippen LogP contribution is -2.50. The monoisotopic (exact) mass is 382 g/mol. The van der Waals surface area contributed by atoms with Gasteiger partial charge in [-0.3, -0.25) is 19.4 Å². The van der Waals surface area contributed by atoms with Gasteiger partial charge in [0.2, 0.25) is 11.5 Å². The van der Waals surface area contributed by atoms with Crippen LogP contribution in [0.5, 0.6) is 0 Å². The Morgan fingerprint density at radius 3 is 2.46 bits per heavy atom. The molecule has 3 heterocycles. The molecule has 1 aliphatic heterocycles. The molecule has 0 aliphatic carbocycles. The molecule has 1 fully saturated rings. The molecule has 0 bridgehead atoms. The van der Waals surface area contributed by atoms with Crippen molar-refractivity contribution in [3.63, 3.8) is 0 Å². The molecule has 7 heteroatoms. The molecule has 0 saturated carbocycles. The predicted octanol–water partition coefficient (Wildman–Crippen LogP) is 1.56. The molecule has 1 N–H and O–H groups in total. The molecule has 2 aromatic rings. The zero-order valence-corrected chi connectivity index (χ0v) is 16.4. The second-order valence-corrected chi connectivity index (χ2v) is 7.16. The number of H-pyrrole nitrogens is 1. The number of aromatic nitrogens is 2. The third-order valence-electron chi connectivity index (χ3n) is 5.01. The number of aromatic amines is 1. The minimum absolute atomic E-state index is 0.0954. The maximum absolute atomic E-state index is 12.7. The molecule has 7 nitrogen and oxygen atoms in total. The number of hydrogen-bond donors (Lipinski definition) is 1. The SMILES string of the molecule is CCc1cc(C(=O)N2CCN(C(=O)CCc3cncc(C)c3)CC2)cc(=O)[nH]1. The van der Waals surface area contributed by atoms with Crippen molar-refractivity contribution in [3.8, 4) is 0 Å². The summed E-state index contributed by atoms with van der Waals surface area (Å²) in [5.41, 5.74) is 3.04. The molecular formula is C21H26N4O3. The molecule has 148 valence electrons. The largest absolute Gasteiger partial charge is 0.339 e. The van der Waals surface area contributed by atoms with Crippen molar-refractivity contribution in [2.24, 2.45) is 0 Å². The van der Waals surface area contributed by atoms with Gasteiger partial charge in [0.05, 0.1) is 0 Å². The second kappa shape index (κ2) is 8.82. The fourth-order valence-electron chi connectivity index (χ4n) is 3.42. The van der Waals surface area contributed by atoms with Crippen LogP contribution in [0.2, 0.25) is 0 Å². The number of aryl methyl sites for hydroxylation is 3. The Morgan fingerprint density at radius 1 is 1.07 bits per heavy atom. The van der Waals surface area contributed by atoms with Crippen molar-refractivity contribution in [3.05, 3.63) is 63.3 Å². The van der Waals surface area contributed by atoms with Gasteiger partial charge in [0, 0.05) is 62.3 Å². The summed E-state index contributed by atoms with van der Waals surface area (Å²) >= 11 is 0. The highest BCUT2D eigenvalue weighted by Gasteiger charge is 2.25. The Hall–Kier alpha value is -2.96. The van der Waals surface area contributed by atoms with Crippen LogP contribution in [-0.4, -0.2) is 57.8 Å². The van der Waals surface area contributed by atoms with E-state index in [0.29, 0.717) is 51.0 Å². The van der Waals surface area contributed by atoms with Crippen molar-refractivity contribution in [1.29, 1.82) is 0 Å². The van der Waals surface area contributed by atoms with E-state index >= 15 is 0 Å². The summed E-state index contributed by atoms with van der Waals surface area (Å²) < 4.78 is 0. The number of carbonyl (C=O) groups excluding carboxylic acids is 2. The molecule has 2 aromatic heterocycles. The summed E-state index contributed by atoms with van der Waals surface area (Å²) in [5, 5.41) is 0. The molecule has 0 atom stereocenters. The van der Waals surface area contributed by atoms with E-state index in [4.69, 9.17) is 0 Å². The van der Waals surface area contributed by atoms with Gasteiger partial charge in [0.15, 0.2) is 0 Å². The maximum Gasteiger partial charge on any atom is 0.254 e. The second-order valence-electron chi connectivity index (χ2n) is 7.16. The Bertz CT molecular complexity index is 914. The van der Waals surface area contributed by atoms with Crippen LogP contribution in [-0.2, 0) is 17.6 Å². The van der Waals surface area contributed by atoms with Crippen LogP contribution in [0.15, 0.2) is 35.4 Å². The van der Waals surface area contributed by atoms with Crippen molar-refractivity contribution in [2.75, 3.05) is 26.2 Å². The number of hydrogen-bond acceptors (Lipinski definition) is 4. The smallest absolute Gasteiger partial charge is 0.254 e. The number of piperazine rings is 1. The summed E-state index contributed by atoms with van der Waals surface area (Å²) in [6, 6.07) is 5.12. The minimum atomic E-state index is -0.262. The topological polar surface area (TPSA) is 86.4 Å². The molecule has 2 amide bonds. The van der Waals surface area contributed by atoms with Gasteiger partial charge in [-0.05, 0) is 37.0 Å². The Kier molecular flexibility index (Phi) is 6.23. The molecule has 0 unspecified atom stereocenters. The molecule has 0 radical (unpaired) electrons. The zero-order valence-electron chi connectivity index (χ0n) is 16.4. The van der Waals surface area contributed by atoms with E-state index in [0.717, 1.165) is 16.8 Å². The lowest BCUT2D eigenvalue weighted by Gasteiger charge is -2.35. The average Bonchev–Trinajstić information content (AvgIpc) is 2.71. The first-order valence-electron chi connectivity index (χ1n) is 9.67. The summed E-state index contributed by atoms with van der Waals surface area (Å²) in [5.74, 6) is -0.0586. The van der Waals surface area contributed by atoms with E-state index in [1.807, 2.05) is 24.8 Å². The van der Waals surface area contributed by atoms with Crippen LogP contribution in [0.25, 0.3) is 0 Å². The number of nitrogens with zero attached hydrogens (tertiary/aromatic N) is 3. The van der Waals surface area contributed by atoms with Crippen molar-refractivity contribution in [1.82, 2.24) is 19.8 Å². The Balaban J connectivity index is 1.53. The number of nitrogens with one attached hydrogen (secondary N) is 1. The number of rotatable bonds is 5. The van der Waals surface area contributed by atoms with Gasteiger partial charge >= 0.3 is 0 Å². The van der Waals surface area contributed by atoms with Crippen molar-refractivity contribution in [2.45, 2.75) is 33.1 Å². The normalized spacial score (nSPS) is 14.2. The van der Waals surface area contributed by atoms with Crippen molar-refractivity contribution < 1.29 is 9.59 Å². The first kappa shape index (κ1) is 19.8. The predicted molar refractivity (Wildman–Crippen MR) is 106 cm³/mol. The summed E-state index contributed by atoms with van der Waals surface area (Å²) in [7, 11) is 0. The van der Waals surface area contributed by atoms with E-state index in [-0.39, 0.29) is 17.4 Å².